The van der Waals surface area contributed by atoms with Gasteiger partial charge in [0.2, 0.25) is 11.8 Å². The van der Waals surface area contributed by atoms with Gasteiger partial charge in [-0.3, -0.25) is 14.5 Å². The molecule has 2 aliphatic rings. The second-order valence-electron chi connectivity index (χ2n) is 8.30. The van der Waals surface area contributed by atoms with Crippen molar-refractivity contribution in [2.75, 3.05) is 31.1 Å². The number of rotatable bonds is 4. The van der Waals surface area contributed by atoms with Crippen LogP contribution in [0.1, 0.15) is 23.1 Å². The number of nitrogens with zero attached hydrogens (tertiary/aromatic N) is 3. The van der Waals surface area contributed by atoms with Crippen molar-refractivity contribution >= 4 is 34.8 Å². The number of amides is 2. The number of piperazine rings is 1. The Balaban J connectivity index is 1.40. The van der Waals surface area contributed by atoms with E-state index in [1.165, 1.54) is 15.9 Å². The number of anilines is 1. The zero-order chi connectivity index (χ0) is 26.3. The fourth-order valence-electron chi connectivity index (χ4n) is 4.04. The summed E-state index contributed by atoms with van der Waals surface area (Å²) in [6, 6.07) is 4.53. The lowest BCUT2D eigenvalue weighted by molar-refractivity contribution is -0.138. The van der Waals surface area contributed by atoms with Crippen LogP contribution < -0.4 is 10.2 Å². The SMILES string of the molecule is O=C(CC1NCCN(c2ccc(C(F)(F)F)cn2)C1=O)N1CC=C(c2ccc(Cl)c(C(F)(F)F)c2)C1. The highest BCUT2D eigenvalue weighted by atomic mass is 35.5. The fourth-order valence-corrected chi connectivity index (χ4v) is 4.26. The average molecular weight is 533 g/mol. The van der Waals surface area contributed by atoms with Crippen LogP contribution in [0.4, 0.5) is 32.2 Å². The largest absolute Gasteiger partial charge is 0.417 e. The Hall–Kier alpha value is -3.12. The first-order valence-corrected chi connectivity index (χ1v) is 11.1. The van der Waals surface area contributed by atoms with Crippen molar-refractivity contribution in [3.63, 3.8) is 0 Å². The molecule has 1 aromatic carbocycles. The Morgan fingerprint density at radius 3 is 2.50 bits per heavy atom. The molecule has 4 rings (SSSR count). The Kier molecular flexibility index (Phi) is 7.02. The number of hydrogen-bond donors (Lipinski definition) is 1. The van der Waals surface area contributed by atoms with Crippen LogP contribution >= 0.6 is 11.6 Å². The van der Waals surface area contributed by atoms with Gasteiger partial charge in [-0.25, -0.2) is 4.98 Å². The van der Waals surface area contributed by atoms with Crippen molar-refractivity contribution in [3.05, 3.63) is 64.3 Å². The zero-order valence-corrected chi connectivity index (χ0v) is 19.2. The topological polar surface area (TPSA) is 65.5 Å². The smallest absolute Gasteiger partial charge is 0.335 e. The first-order valence-electron chi connectivity index (χ1n) is 10.8. The molecule has 13 heteroatoms. The maximum Gasteiger partial charge on any atom is 0.417 e. The summed E-state index contributed by atoms with van der Waals surface area (Å²) in [5.74, 6) is -0.874. The fraction of sp³-hybridized carbons (Fsp3) is 0.348. The van der Waals surface area contributed by atoms with Gasteiger partial charge < -0.3 is 10.2 Å². The standard InChI is InChI=1S/C23H19ClF6N4O2/c24-17-3-1-13(9-16(17)23(28,29)30)14-5-7-33(12-14)20(35)10-18-21(36)34(8-6-31-18)19-4-2-15(11-32-19)22(25,26)27/h1-5,9,11,18,31H,6-8,10,12H2. The maximum absolute atomic E-state index is 13.2. The molecule has 3 heterocycles. The first-order chi connectivity index (χ1) is 16.8. The molecule has 36 heavy (non-hydrogen) atoms. The van der Waals surface area contributed by atoms with Gasteiger partial charge in [0.05, 0.1) is 28.6 Å². The molecule has 0 saturated carbocycles. The molecule has 1 saturated heterocycles. The second-order valence-corrected chi connectivity index (χ2v) is 8.71. The Morgan fingerprint density at radius 1 is 1.11 bits per heavy atom. The zero-order valence-electron chi connectivity index (χ0n) is 18.5. The highest BCUT2D eigenvalue weighted by Crippen LogP contribution is 2.37. The molecule has 1 fully saturated rings. The van der Waals surface area contributed by atoms with Gasteiger partial charge >= 0.3 is 12.4 Å². The van der Waals surface area contributed by atoms with Gasteiger partial charge in [0.25, 0.3) is 0 Å². The number of halogens is 7. The molecule has 1 atom stereocenters. The highest BCUT2D eigenvalue weighted by molar-refractivity contribution is 6.31. The lowest BCUT2D eigenvalue weighted by Gasteiger charge is -2.33. The molecule has 0 bridgehead atoms. The number of aromatic nitrogens is 1. The van der Waals surface area contributed by atoms with Crippen LogP contribution in [0.15, 0.2) is 42.6 Å². The minimum Gasteiger partial charge on any atom is -0.335 e. The molecule has 192 valence electrons. The van der Waals surface area contributed by atoms with Crippen LogP contribution in [-0.2, 0) is 21.9 Å². The van der Waals surface area contributed by atoms with Crippen LogP contribution in [-0.4, -0.2) is 53.9 Å². The predicted octanol–water partition coefficient (Wildman–Crippen LogP) is 4.39. The van der Waals surface area contributed by atoms with Crippen molar-refractivity contribution in [3.8, 4) is 0 Å². The molecular formula is C23H19ClF6N4O2. The van der Waals surface area contributed by atoms with Crippen LogP contribution in [0, 0.1) is 0 Å². The number of pyridine rings is 1. The monoisotopic (exact) mass is 532 g/mol. The van der Waals surface area contributed by atoms with Gasteiger partial charge in [0.15, 0.2) is 0 Å². The van der Waals surface area contributed by atoms with Crippen molar-refractivity contribution < 1.29 is 35.9 Å². The number of carbonyl (C=O) groups excluding carboxylic acids is 2. The van der Waals surface area contributed by atoms with E-state index in [1.54, 1.807) is 6.08 Å². The average Bonchev–Trinajstić information content (AvgIpc) is 3.30. The van der Waals surface area contributed by atoms with E-state index in [1.807, 2.05) is 0 Å². The summed E-state index contributed by atoms with van der Waals surface area (Å²) < 4.78 is 77.9. The van der Waals surface area contributed by atoms with E-state index < -0.39 is 46.4 Å². The molecule has 6 nitrogen and oxygen atoms in total. The summed E-state index contributed by atoms with van der Waals surface area (Å²) in [7, 11) is 0. The van der Waals surface area contributed by atoms with Gasteiger partial charge in [-0.15, -0.1) is 0 Å². The van der Waals surface area contributed by atoms with Gasteiger partial charge in [0.1, 0.15) is 5.82 Å². The predicted molar refractivity (Wildman–Crippen MR) is 119 cm³/mol. The van der Waals surface area contributed by atoms with Crippen molar-refractivity contribution in [2.45, 2.75) is 24.8 Å². The van der Waals surface area contributed by atoms with Crippen LogP contribution in [0.3, 0.4) is 0 Å². The summed E-state index contributed by atoms with van der Waals surface area (Å²) in [6.45, 7) is 0.669. The summed E-state index contributed by atoms with van der Waals surface area (Å²) >= 11 is 5.67. The van der Waals surface area contributed by atoms with Gasteiger partial charge in [0, 0.05) is 32.4 Å². The summed E-state index contributed by atoms with van der Waals surface area (Å²) in [5.41, 5.74) is -1.11. The molecule has 1 unspecified atom stereocenters. The van der Waals surface area contributed by atoms with Crippen LogP contribution in [0.2, 0.25) is 5.02 Å². The summed E-state index contributed by atoms with van der Waals surface area (Å²) in [5, 5.41) is 2.50. The van der Waals surface area contributed by atoms with Gasteiger partial charge in [-0.2, -0.15) is 26.3 Å². The third-order valence-electron chi connectivity index (χ3n) is 5.94. The normalized spacial score (nSPS) is 19.0. The molecule has 0 aliphatic carbocycles. The molecule has 0 spiro atoms. The Labute approximate surface area is 206 Å². The van der Waals surface area contributed by atoms with Gasteiger partial charge in [-0.05, 0) is 35.4 Å². The molecule has 1 N–H and O–H groups in total. The lowest BCUT2D eigenvalue weighted by atomic mass is 10.0. The number of alkyl halides is 6. The molecule has 2 aliphatic heterocycles. The minimum atomic E-state index is -4.62. The number of carbonyl (C=O) groups is 2. The maximum atomic E-state index is 13.2. The Morgan fingerprint density at radius 2 is 1.86 bits per heavy atom. The van der Waals surface area contributed by atoms with E-state index in [4.69, 9.17) is 11.6 Å². The number of nitrogens with one attached hydrogen (secondary N) is 1. The van der Waals surface area contributed by atoms with Gasteiger partial charge in [-0.1, -0.05) is 23.7 Å². The van der Waals surface area contributed by atoms with Crippen molar-refractivity contribution in [2.24, 2.45) is 0 Å². The van der Waals surface area contributed by atoms with E-state index in [2.05, 4.69) is 10.3 Å². The number of benzene rings is 1. The van der Waals surface area contributed by atoms with E-state index in [0.29, 0.717) is 18.3 Å². The van der Waals surface area contributed by atoms with Crippen molar-refractivity contribution in [1.29, 1.82) is 0 Å². The number of hydrogen-bond acceptors (Lipinski definition) is 4. The minimum absolute atomic E-state index is 0.0419. The highest BCUT2D eigenvalue weighted by Gasteiger charge is 2.36. The quantitative estimate of drug-likeness (QED) is 0.593. The molecule has 2 aromatic rings. The molecule has 1 aromatic heterocycles. The molecular weight excluding hydrogens is 514 g/mol. The van der Waals surface area contributed by atoms with Crippen molar-refractivity contribution in [1.82, 2.24) is 15.2 Å². The van der Waals surface area contributed by atoms with Crippen LogP contribution in [0.5, 0.6) is 0 Å². The third kappa shape index (κ3) is 5.49. The van der Waals surface area contributed by atoms with E-state index in [0.717, 1.165) is 24.3 Å². The van der Waals surface area contributed by atoms with E-state index >= 15 is 0 Å². The summed E-state index contributed by atoms with van der Waals surface area (Å²) in [4.78, 5) is 32.1. The van der Waals surface area contributed by atoms with E-state index in [9.17, 15) is 35.9 Å². The summed E-state index contributed by atoms with van der Waals surface area (Å²) in [6.07, 6.45) is -7.13. The molecule has 2 amide bonds. The second kappa shape index (κ2) is 9.74. The van der Waals surface area contributed by atoms with E-state index in [-0.39, 0.29) is 37.4 Å². The third-order valence-corrected chi connectivity index (χ3v) is 6.26. The first kappa shape index (κ1) is 26.0. The van der Waals surface area contributed by atoms with Crippen LogP contribution in [0.25, 0.3) is 5.57 Å². The molecule has 0 radical (unpaired) electrons. The Bertz CT molecular complexity index is 1200. The lowest BCUT2D eigenvalue weighted by Crippen LogP contribution is -2.56.